The number of rotatable bonds is 6. The van der Waals surface area contributed by atoms with E-state index in [0.717, 1.165) is 43.1 Å². The summed E-state index contributed by atoms with van der Waals surface area (Å²) in [5, 5.41) is 0. The molecule has 2 fully saturated rings. The molecule has 0 spiro atoms. The number of hydrogen-bond donors (Lipinski definition) is 0. The molecule has 4 nitrogen and oxygen atoms in total. The van der Waals surface area contributed by atoms with E-state index in [1.165, 1.54) is 24.3 Å². The van der Waals surface area contributed by atoms with Gasteiger partial charge in [-0.25, -0.2) is 13.2 Å². The van der Waals surface area contributed by atoms with Gasteiger partial charge in [0, 0.05) is 25.1 Å². The molecule has 32 heavy (non-hydrogen) atoms. The molecule has 2 aromatic carbocycles. The summed E-state index contributed by atoms with van der Waals surface area (Å²) in [5.41, 5.74) is 2.15. The molecular weight excluding hydrogens is 417 g/mol. The summed E-state index contributed by atoms with van der Waals surface area (Å²) < 4.78 is 46.9. The minimum Gasteiger partial charge on any atom is -0.373 e. The van der Waals surface area contributed by atoms with Crippen molar-refractivity contribution in [2.24, 2.45) is 0 Å². The van der Waals surface area contributed by atoms with E-state index in [-0.39, 0.29) is 30.4 Å². The average molecular weight is 447 g/mol. The number of hydrogen-bond acceptors (Lipinski definition) is 3. The average Bonchev–Trinajstić information content (AvgIpc) is 3.25. The van der Waals surface area contributed by atoms with Gasteiger partial charge in [-0.3, -0.25) is 9.69 Å². The van der Waals surface area contributed by atoms with Crippen LogP contribution in [0.3, 0.4) is 0 Å². The SMILES string of the molecule is Cc1cc(F)ccc1C1CN(C(=O)CN2CCCC2)CCC1OCc1cc(F)cc(F)c1. The van der Waals surface area contributed by atoms with Crippen LogP contribution in [0.5, 0.6) is 0 Å². The zero-order valence-corrected chi connectivity index (χ0v) is 18.3. The number of carbonyl (C=O) groups excluding carboxylic acids is 1. The van der Waals surface area contributed by atoms with E-state index in [9.17, 15) is 18.0 Å². The minimum atomic E-state index is -0.642. The fourth-order valence-corrected chi connectivity index (χ4v) is 4.84. The fraction of sp³-hybridized carbons (Fsp3) is 0.480. The maximum Gasteiger partial charge on any atom is 0.236 e. The standard InChI is InChI=1S/C25H29F3N2O2/c1-17-10-19(26)4-5-22(17)23-14-30(25(31)15-29-7-2-3-8-29)9-6-24(23)32-16-18-11-20(27)13-21(28)12-18/h4-5,10-13,23-24H,2-3,6-9,14-16H2,1H3. The molecule has 2 saturated heterocycles. The molecule has 2 unspecified atom stereocenters. The topological polar surface area (TPSA) is 32.8 Å². The molecule has 7 heteroatoms. The number of halogens is 3. The second kappa shape index (κ2) is 10.0. The summed E-state index contributed by atoms with van der Waals surface area (Å²) in [6.45, 7) is 5.28. The molecular formula is C25H29F3N2O2. The largest absolute Gasteiger partial charge is 0.373 e. The molecule has 0 aromatic heterocycles. The molecule has 1 amide bonds. The van der Waals surface area contributed by atoms with Crippen molar-refractivity contribution in [3.8, 4) is 0 Å². The first-order chi connectivity index (χ1) is 15.4. The van der Waals surface area contributed by atoms with Crippen molar-refractivity contribution in [1.82, 2.24) is 9.80 Å². The van der Waals surface area contributed by atoms with E-state index < -0.39 is 11.6 Å². The minimum absolute atomic E-state index is 0.0673. The van der Waals surface area contributed by atoms with Crippen LogP contribution in [0, 0.1) is 24.4 Å². The normalized spacial score (nSPS) is 21.8. The molecule has 2 aliphatic rings. The van der Waals surface area contributed by atoms with Crippen LogP contribution in [0.25, 0.3) is 0 Å². The first kappa shape index (κ1) is 22.8. The van der Waals surface area contributed by atoms with Crippen LogP contribution in [-0.2, 0) is 16.1 Å². The smallest absolute Gasteiger partial charge is 0.236 e. The van der Waals surface area contributed by atoms with Gasteiger partial charge >= 0.3 is 0 Å². The summed E-state index contributed by atoms with van der Waals surface area (Å²) in [6, 6.07) is 8.01. The van der Waals surface area contributed by atoms with Crippen molar-refractivity contribution in [3.05, 3.63) is 70.5 Å². The van der Waals surface area contributed by atoms with E-state index in [1.807, 2.05) is 11.8 Å². The third-order valence-electron chi connectivity index (χ3n) is 6.48. The van der Waals surface area contributed by atoms with Crippen LogP contribution in [0.4, 0.5) is 13.2 Å². The van der Waals surface area contributed by atoms with E-state index in [1.54, 1.807) is 6.07 Å². The summed E-state index contributed by atoms with van der Waals surface area (Å²) >= 11 is 0. The number of nitrogens with zero attached hydrogens (tertiary/aromatic N) is 2. The number of carbonyl (C=O) groups is 1. The van der Waals surface area contributed by atoms with Gasteiger partial charge in [-0.2, -0.15) is 0 Å². The van der Waals surface area contributed by atoms with Crippen molar-refractivity contribution in [2.45, 2.75) is 44.8 Å². The molecule has 2 aliphatic heterocycles. The van der Waals surface area contributed by atoms with Gasteiger partial charge in [-0.1, -0.05) is 6.07 Å². The number of ether oxygens (including phenoxy) is 1. The molecule has 172 valence electrons. The van der Waals surface area contributed by atoms with E-state index in [0.29, 0.717) is 31.6 Å². The van der Waals surface area contributed by atoms with E-state index in [2.05, 4.69) is 4.90 Å². The zero-order chi connectivity index (χ0) is 22.7. The second-order valence-corrected chi connectivity index (χ2v) is 8.85. The summed E-state index contributed by atoms with van der Waals surface area (Å²) in [7, 11) is 0. The Balaban J connectivity index is 1.50. The van der Waals surface area contributed by atoms with E-state index in [4.69, 9.17) is 4.74 Å². The van der Waals surface area contributed by atoms with Crippen LogP contribution in [0.2, 0.25) is 0 Å². The molecule has 0 radical (unpaired) electrons. The van der Waals surface area contributed by atoms with Gasteiger partial charge in [0.2, 0.25) is 5.91 Å². The van der Waals surface area contributed by atoms with Gasteiger partial charge in [-0.05, 0) is 80.2 Å². The van der Waals surface area contributed by atoms with Gasteiger partial charge in [0.05, 0.1) is 19.3 Å². The van der Waals surface area contributed by atoms with E-state index >= 15 is 0 Å². The lowest BCUT2D eigenvalue weighted by molar-refractivity contribution is -0.135. The Morgan fingerprint density at radius 3 is 2.41 bits per heavy atom. The third-order valence-corrected chi connectivity index (χ3v) is 6.48. The first-order valence-electron chi connectivity index (χ1n) is 11.2. The Kier molecular flexibility index (Phi) is 7.16. The van der Waals surface area contributed by atoms with Crippen LogP contribution >= 0.6 is 0 Å². The molecule has 2 atom stereocenters. The van der Waals surface area contributed by atoms with Gasteiger partial charge in [-0.15, -0.1) is 0 Å². The van der Waals surface area contributed by atoms with Gasteiger partial charge in [0.15, 0.2) is 0 Å². The lowest BCUT2D eigenvalue weighted by Crippen LogP contribution is -2.48. The van der Waals surface area contributed by atoms with Crippen LogP contribution < -0.4 is 0 Å². The lowest BCUT2D eigenvalue weighted by Gasteiger charge is -2.40. The molecule has 0 saturated carbocycles. The fourth-order valence-electron chi connectivity index (χ4n) is 4.84. The summed E-state index contributed by atoms with van der Waals surface area (Å²) in [4.78, 5) is 17.0. The molecule has 0 aliphatic carbocycles. The maximum atomic E-state index is 13.7. The highest BCUT2D eigenvalue weighted by Gasteiger charge is 2.34. The second-order valence-electron chi connectivity index (χ2n) is 8.85. The number of benzene rings is 2. The molecule has 2 aromatic rings. The van der Waals surface area contributed by atoms with Gasteiger partial charge in [0.25, 0.3) is 0 Å². The van der Waals surface area contributed by atoms with Crippen molar-refractivity contribution in [3.63, 3.8) is 0 Å². The van der Waals surface area contributed by atoms with Crippen LogP contribution in [0.1, 0.15) is 41.9 Å². The molecule has 2 heterocycles. The number of likely N-dealkylation sites (tertiary alicyclic amines) is 2. The van der Waals surface area contributed by atoms with Crippen molar-refractivity contribution in [1.29, 1.82) is 0 Å². The van der Waals surface area contributed by atoms with Gasteiger partial charge in [0.1, 0.15) is 17.5 Å². The first-order valence-corrected chi connectivity index (χ1v) is 11.2. The van der Waals surface area contributed by atoms with Crippen LogP contribution in [-0.4, -0.2) is 54.5 Å². The van der Waals surface area contributed by atoms with Gasteiger partial charge < -0.3 is 9.64 Å². The van der Waals surface area contributed by atoms with Crippen molar-refractivity contribution in [2.75, 3.05) is 32.7 Å². The lowest BCUT2D eigenvalue weighted by atomic mass is 9.85. The van der Waals surface area contributed by atoms with Crippen LogP contribution in [0.15, 0.2) is 36.4 Å². The quantitative estimate of drug-likeness (QED) is 0.659. The number of amides is 1. The van der Waals surface area contributed by atoms with Crippen molar-refractivity contribution < 1.29 is 22.7 Å². The molecule has 0 N–H and O–H groups in total. The third kappa shape index (κ3) is 5.51. The summed E-state index contributed by atoms with van der Waals surface area (Å²) in [5.74, 6) is -1.64. The Hall–Kier alpha value is -2.38. The Morgan fingerprint density at radius 1 is 1.00 bits per heavy atom. The highest BCUT2D eigenvalue weighted by Crippen LogP contribution is 2.33. The monoisotopic (exact) mass is 446 g/mol. The Labute approximate surface area is 187 Å². The number of piperidine rings is 1. The Morgan fingerprint density at radius 2 is 1.72 bits per heavy atom. The molecule has 0 bridgehead atoms. The predicted molar refractivity (Wildman–Crippen MR) is 116 cm³/mol. The van der Waals surface area contributed by atoms with Crippen molar-refractivity contribution >= 4 is 5.91 Å². The highest BCUT2D eigenvalue weighted by molar-refractivity contribution is 5.78. The maximum absolute atomic E-state index is 13.7. The molecule has 4 rings (SSSR count). The zero-order valence-electron chi connectivity index (χ0n) is 18.3. The Bertz CT molecular complexity index is 942. The predicted octanol–water partition coefficient (Wildman–Crippen LogP) is 4.41. The summed E-state index contributed by atoms with van der Waals surface area (Å²) in [6.07, 6.45) is 2.61. The highest BCUT2D eigenvalue weighted by atomic mass is 19.1. The number of aryl methyl sites for hydroxylation is 1.